The maximum Gasteiger partial charge on any atom is 0.223 e. The van der Waals surface area contributed by atoms with Crippen LogP contribution in [-0.2, 0) is 4.79 Å². The zero-order valence-electron chi connectivity index (χ0n) is 9.43. The lowest BCUT2D eigenvalue weighted by atomic mass is 9.66. The van der Waals surface area contributed by atoms with Crippen molar-refractivity contribution >= 4 is 5.91 Å². The molecule has 2 aliphatic rings. The number of nitrogens with two attached hydrogens (primary N) is 1. The molecule has 4 N–H and O–H groups in total. The molecule has 16 heavy (non-hydrogen) atoms. The third kappa shape index (κ3) is 2.07. The Balaban J connectivity index is 1.89. The molecule has 0 aromatic heterocycles. The number of likely N-dealkylation sites (tertiary alicyclic amines) is 1. The van der Waals surface area contributed by atoms with Crippen molar-refractivity contribution in [3.63, 3.8) is 0 Å². The van der Waals surface area contributed by atoms with E-state index in [0.29, 0.717) is 13.0 Å². The Kier molecular flexibility index (Phi) is 3.19. The van der Waals surface area contributed by atoms with E-state index in [4.69, 9.17) is 5.73 Å². The number of carbonyl (C=O) groups excluding carboxylic acids is 1. The average Bonchev–Trinajstić information content (AvgIpc) is 2.53. The van der Waals surface area contributed by atoms with Gasteiger partial charge in [-0.25, -0.2) is 0 Å². The second-order valence-electron chi connectivity index (χ2n) is 5.17. The molecule has 0 bridgehead atoms. The molecule has 2 atom stereocenters. The zero-order chi connectivity index (χ0) is 11.8. The van der Waals surface area contributed by atoms with Crippen LogP contribution < -0.4 is 5.73 Å². The molecule has 2 unspecified atom stereocenters. The second kappa shape index (κ2) is 4.31. The van der Waals surface area contributed by atoms with E-state index in [9.17, 15) is 15.0 Å². The van der Waals surface area contributed by atoms with Gasteiger partial charge in [0.2, 0.25) is 5.91 Å². The van der Waals surface area contributed by atoms with Gasteiger partial charge >= 0.3 is 0 Å². The molecule has 2 fully saturated rings. The van der Waals surface area contributed by atoms with Crippen LogP contribution in [0.4, 0.5) is 0 Å². The molecular formula is C11H20N2O3. The molecule has 1 saturated heterocycles. The monoisotopic (exact) mass is 228 g/mol. The van der Waals surface area contributed by atoms with Crippen LogP contribution in [-0.4, -0.2) is 52.9 Å². The largest absolute Gasteiger partial charge is 0.388 e. The summed E-state index contributed by atoms with van der Waals surface area (Å²) in [5.41, 5.74) is 5.70. The number of hydrogen-bond acceptors (Lipinski definition) is 4. The number of nitrogens with zero attached hydrogens (tertiary/aromatic N) is 1. The van der Waals surface area contributed by atoms with E-state index in [1.807, 2.05) is 0 Å². The lowest BCUT2D eigenvalue weighted by Crippen LogP contribution is -2.43. The first-order chi connectivity index (χ1) is 7.56. The van der Waals surface area contributed by atoms with E-state index in [1.54, 1.807) is 4.90 Å². The third-order valence-electron chi connectivity index (χ3n) is 3.99. The van der Waals surface area contributed by atoms with Crippen molar-refractivity contribution in [2.75, 3.05) is 19.6 Å². The molecule has 1 heterocycles. The number of aliphatic hydroxyl groups excluding tert-OH is 2. The van der Waals surface area contributed by atoms with Crippen LogP contribution in [0.5, 0.6) is 0 Å². The van der Waals surface area contributed by atoms with Crippen molar-refractivity contribution < 1.29 is 15.0 Å². The number of β-amino-alcohol motifs (C(OH)–C–C–N with tert-alkyl or cyclic N) is 2. The highest BCUT2D eigenvalue weighted by Crippen LogP contribution is 2.43. The Bertz CT molecular complexity index is 263. The van der Waals surface area contributed by atoms with Gasteiger partial charge in [-0.2, -0.15) is 0 Å². The van der Waals surface area contributed by atoms with Gasteiger partial charge in [0.25, 0.3) is 0 Å². The minimum atomic E-state index is -0.792. The minimum Gasteiger partial charge on any atom is -0.388 e. The maximum absolute atomic E-state index is 12.0. The van der Waals surface area contributed by atoms with Crippen LogP contribution in [0.15, 0.2) is 0 Å². The molecular weight excluding hydrogens is 208 g/mol. The smallest absolute Gasteiger partial charge is 0.223 e. The Morgan fingerprint density at radius 2 is 1.88 bits per heavy atom. The van der Waals surface area contributed by atoms with Crippen LogP contribution in [0.2, 0.25) is 0 Å². The summed E-state index contributed by atoms with van der Waals surface area (Å²) in [6.45, 7) is 1.05. The van der Waals surface area contributed by atoms with Crippen molar-refractivity contribution in [3.8, 4) is 0 Å². The molecule has 0 aromatic rings. The van der Waals surface area contributed by atoms with Crippen molar-refractivity contribution in [1.82, 2.24) is 4.90 Å². The van der Waals surface area contributed by atoms with Gasteiger partial charge in [-0.05, 0) is 24.8 Å². The number of aliphatic hydroxyl groups is 2. The quantitative estimate of drug-likeness (QED) is 0.582. The lowest BCUT2D eigenvalue weighted by Gasteiger charge is -2.41. The lowest BCUT2D eigenvalue weighted by molar-refractivity contribution is -0.134. The van der Waals surface area contributed by atoms with Crippen molar-refractivity contribution in [2.24, 2.45) is 11.1 Å². The van der Waals surface area contributed by atoms with E-state index < -0.39 is 12.2 Å². The molecule has 92 valence electrons. The third-order valence-corrected chi connectivity index (χ3v) is 3.99. The van der Waals surface area contributed by atoms with E-state index in [2.05, 4.69) is 0 Å². The summed E-state index contributed by atoms with van der Waals surface area (Å²) in [5.74, 6) is 0.0146. The van der Waals surface area contributed by atoms with Gasteiger partial charge < -0.3 is 20.8 Å². The van der Waals surface area contributed by atoms with E-state index in [0.717, 1.165) is 19.3 Å². The number of amides is 1. The van der Waals surface area contributed by atoms with Gasteiger partial charge in [0, 0.05) is 19.5 Å². The zero-order valence-corrected chi connectivity index (χ0v) is 9.43. The van der Waals surface area contributed by atoms with Crippen LogP contribution >= 0.6 is 0 Å². The Morgan fingerprint density at radius 3 is 2.25 bits per heavy atom. The molecule has 0 radical (unpaired) electrons. The van der Waals surface area contributed by atoms with Gasteiger partial charge in [-0.1, -0.05) is 6.42 Å². The highest BCUT2D eigenvalue weighted by atomic mass is 16.3. The predicted molar refractivity (Wildman–Crippen MR) is 58.5 cm³/mol. The molecule has 2 rings (SSSR count). The van der Waals surface area contributed by atoms with Crippen LogP contribution in [0, 0.1) is 5.41 Å². The normalized spacial score (nSPS) is 32.6. The summed E-state index contributed by atoms with van der Waals surface area (Å²) < 4.78 is 0. The SMILES string of the molecule is NCC1(CC(=O)N2CC(O)C(O)C2)CCC1. The van der Waals surface area contributed by atoms with E-state index >= 15 is 0 Å². The van der Waals surface area contributed by atoms with Gasteiger partial charge in [0.05, 0.1) is 12.2 Å². The molecule has 0 aromatic carbocycles. The van der Waals surface area contributed by atoms with Crippen LogP contribution in [0.1, 0.15) is 25.7 Å². The Morgan fingerprint density at radius 1 is 1.31 bits per heavy atom. The summed E-state index contributed by atoms with van der Waals surface area (Å²) in [5, 5.41) is 18.8. The molecule has 5 heteroatoms. The first-order valence-corrected chi connectivity index (χ1v) is 5.90. The topological polar surface area (TPSA) is 86.8 Å². The summed E-state index contributed by atoms with van der Waals surface area (Å²) in [4.78, 5) is 13.5. The summed E-state index contributed by atoms with van der Waals surface area (Å²) in [7, 11) is 0. The predicted octanol–water partition coefficient (Wildman–Crippen LogP) is -0.930. The highest BCUT2D eigenvalue weighted by Gasteiger charge is 2.40. The summed E-state index contributed by atoms with van der Waals surface area (Å²) in [6, 6.07) is 0. The molecule has 1 aliphatic heterocycles. The summed E-state index contributed by atoms with van der Waals surface area (Å²) in [6.07, 6.45) is 2.07. The van der Waals surface area contributed by atoms with Crippen LogP contribution in [0.25, 0.3) is 0 Å². The molecule has 1 amide bonds. The van der Waals surface area contributed by atoms with E-state index in [-0.39, 0.29) is 24.4 Å². The van der Waals surface area contributed by atoms with Crippen molar-refractivity contribution in [3.05, 3.63) is 0 Å². The number of rotatable bonds is 3. The Labute approximate surface area is 95.2 Å². The van der Waals surface area contributed by atoms with Gasteiger partial charge in [-0.15, -0.1) is 0 Å². The van der Waals surface area contributed by atoms with Crippen LogP contribution in [0.3, 0.4) is 0 Å². The van der Waals surface area contributed by atoms with Crippen molar-refractivity contribution in [1.29, 1.82) is 0 Å². The highest BCUT2D eigenvalue weighted by molar-refractivity contribution is 5.77. The molecule has 1 saturated carbocycles. The fourth-order valence-corrected chi connectivity index (χ4v) is 2.54. The molecule has 1 aliphatic carbocycles. The first kappa shape index (κ1) is 11.8. The minimum absolute atomic E-state index is 0.00439. The van der Waals surface area contributed by atoms with Gasteiger partial charge in [0.1, 0.15) is 0 Å². The maximum atomic E-state index is 12.0. The number of carbonyl (C=O) groups is 1. The standard InChI is InChI=1S/C11H20N2O3/c12-7-11(2-1-3-11)4-10(16)13-5-8(14)9(15)6-13/h8-9,14-15H,1-7,12H2. The Hall–Kier alpha value is -0.650. The average molecular weight is 228 g/mol. The van der Waals surface area contributed by atoms with Gasteiger partial charge in [-0.3, -0.25) is 4.79 Å². The molecule has 5 nitrogen and oxygen atoms in total. The second-order valence-corrected chi connectivity index (χ2v) is 5.17. The van der Waals surface area contributed by atoms with Crippen molar-refractivity contribution in [2.45, 2.75) is 37.9 Å². The van der Waals surface area contributed by atoms with E-state index in [1.165, 1.54) is 0 Å². The fourth-order valence-electron chi connectivity index (χ4n) is 2.54. The summed E-state index contributed by atoms with van der Waals surface area (Å²) >= 11 is 0. The first-order valence-electron chi connectivity index (χ1n) is 5.90. The fraction of sp³-hybridized carbons (Fsp3) is 0.909. The molecule has 0 spiro atoms. The number of hydrogen-bond donors (Lipinski definition) is 3. The van der Waals surface area contributed by atoms with Gasteiger partial charge in [0.15, 0.2) is 0 Å².